The molecule has 1 aliphatic heterocycles. The van der Waals surface area contributed by atoms with Crippen LogP contribution in [0.3, 0.4) is 0 Å². The first-order chi connectivity index (χ1) is 22.0. The lowest BCUT2D eigenvalue weighted by Gasteiger charge is -2.24. The number of ether oxygens (including phenoxy) is 1. The van der Waals surface area contributed by atoms with Gasteiger partial charge in [-0.15, -0.1) is 4.98 Å². The molecular weight excluding hydrogens is 566 g/mol. The summed E-state index contributed by atoms with van der Waals surface area (Å²) in [4.78, 5) is 28.6. The number of carbonyl (C=O) groups excluding carboxylic acids is 1. The second-order valence-electron chi connectivity index (χ2n) is 11.5. The Morgan fingerprint density at radius 3 is 2.73 bits per heavy atom. The van der Waals surface area contributed by atoms with Crippen LogP contribution in [0, 0.1) is 6.92 Å². The molecule has 4 aromatic rings. The van der Waals surface area contributed by atoms with Crippen molar-refractivity contribution in [2.45, 2.75) is 58.4 Å². The molecule has 4 heterocycles. The molecule has 0 aliphatic carbocycles. The Bertz CT molecular complexity index is 1550. The first-order valence-corrected chi connectivity index (χ1v) is 15.9. The number of rotatable bonds is 16. The number of hydrogen-bond donors (Lipinski definition) is 3. The maximum absolute atomic E-state index is 12.8. The van der Waals surface area contributed by atoms with Gasteiger partial charge in [0.25, 0.3) is 5.82 Å². The van der Waals surface area contributed by atoms with Crippen LogP contribution >= 0.6 is 0 Å². The van der Waals surface area contributed by atoms with Crippen molar-refractivity contribution in [3.63, 3.8) is 0 Å². The molecule has 1 aliphatic rings. The molecule has 0 bridgehead atoms. The molecule has 45 heavy (non-hydrogen) atoms. The highest BCUT2D eigenvalue weighted by Gasteiger charge is 2.24. The fourth-order valence-electron chi connectivity index (χ4n) is 5.57. The molecule has 0 amide bonds. The van der Waals surface area contributed by atoms with E-state index in [-0.39, 0.29) is 5.78 Å². The molecule has 10 nitrogen and oxygen atoms in total. The van der Waals surface area contributed by atoms with Crippen LogP contribution in [-0.4, -0.2) is 69.7 Å². The molecule has 10 heteroatoms. The van der Waals surface area contributed by atoms with Crippen LogP contribution in [0.4, 0.5) is 11.6 Å². The Hall–Kier alpha value is -4.57. The summed E-state index contributed by atoms with van der Waals surface area (Å²) in [6.07, 6.45) is 9.15. The van der Waals surface area contributed by atoms with Crippen LogP contribution in [0.25, 0.3) is 11.4 Å². The van der Waals surface area contributed by atoms with E-state index in [1.807, 2.05) is 49.4 Å². The maximum Gasteiger partial charge on any atom is 0.307 e. The van der Waals surface area contributed by atoms with Crippen molar-refractivity contribution < 1.29 is 19.5 Å². The number of carbonyl (C=O) groups is 1. The summed E-state index contributed by atoms with van der Waals surface area (Å²) in [7, 11) is 0. The van der Waals surface area contributed by atoms with Gasteiger partial charge in [0.2, 0.25) is 0 Å². The standard InChI is InChI=1S/C35H43N7O3/c1-26-32(14-9-19-36-26)45-25-24-41(22-7-6-13-30-16-15-28-12-8-20-37-34(28)39-30)23-18-31(27(2)43)40-33-17-21-38-35(42(33)44)29-10-4-3-5-11-29/h3-5,9-11,14-17,19,21,31,44H,6-8,12-13,18,20,22-25H2,1-2H3,(H,37,39)/p+1/t31-/m0/s1. The Morgan fingerprint density at radius 2 is 1.91 bits per heavy atom. The van der Waals surface area contributed by atoms with E-state index >= 15 is 0 Å². The lowest BCUT2D eigenvalue weighted by molar-refractivity contribution is -0.886. The highest BCUT2D eigenvalue weighted by Crippen LogP contribution is 2.21. The van der Waals surface area contributed by atoms with Crippen molar-refractivity contribution in [1.29, 1.82) is 0 Å². The predicted molar refractivity (Wildman–Crippen MR) is 175 cm³/mol. The highest BCUT2D eigenvalue weighted by atomic mass is 16.5. The summed E-state index contributed by atoms with van der Waals surface area (Å²) in [5.74, 6) is 2.64. The number of fused-ring (bicyclic) bond motifs is 1. The number of Topliss-reactive ketones (excluding diaryl/α,β-unsaturated/α-hetero) is 1. The molecule has 5 rings (SSSR count). The second kappa shape index (κ2) is 15.9. The van der Waals surface area contributed by atoms with Gasteiger partial charge in [-0.1, -0.05) is 29.0 Å². The van der Waals surface area contributed by atoms with Crippen LogP contribution < -0.4 is 20.1 Å². The number of benzene rings is 1. The van der Waals surface area contributed by atoms with Crippen molar-refractivity contribution in [2.75, 3.05) is 43.4 Å². The number of unbranched alkanes of at least 4 members (excludes halogenated alkanes) is 1. The third-order valence-electron chi connectivity index (χ3n) is 8.17. The summed E-state index contributed by atoms with van der Waals surface area (Å²) in [6, 6.07) is 18.8. The average Bonchev–Trinajstić information content (AvgIpc) is 3.06. The van der Waals surface area contributed by atoms with Gasteiger partial charge in [-0.3, -0.25) is 20.0 Å². The SMILES string of the molecule is CC(=O)[C@H](CCN(CCCCc1ccc2c(n1)NCCC2)CCOc1cccnc1C)Nc1ccnc(-c2ccccc2)[n+]1O. The lowest BCUT2D eigenvalue weighted by Crippen LogP contribution is -2.42. The van der Waals surface area contributed by atoms with Crippen molar-refractivity contribution in [3.05, 3.63) is 90.0 Å². The van der Waals surface area contributed by atoms with E-state index in [1.165, 1.54) is 5.56 Å². The number of anilines is 2. The van der Waals surface area contributed by atoms with Gasteiger partial charge in [-0.2, -0.15) is 0 Å². The van der Waals surface area contributed by atoms with Gasteiger partial charge >= 0.3 is 5.82 Å². The fraction of sp³-hybridized carbons (Fsp3) is 0.400. The van der Waals surface area contributed by atoms with Gasteiger partial charge in [0.05, 0.1) is 11.3 Å². The van der Waals surface area contributed by atoms with E-state index in [2.05, 4.69) is 37.6 Å². The Morgan fingerprint density at radius 1 is 1.04 bits per heavy atom. The largest absolute Gasteiger partial charge is 0.490 e. The molecule has 0 saturated carbocycles. The summed E-state index contributed by atoms with van der Waals surface area (Å²) >= 11 is 0. The molecule has 0 radical (unpaired) electrons. The molecule has 1 aromatic carbocycles. The molecule has 236 valence electrons. The molecule has 3 N–H and O–H groups in total. The summed E-state index contributed by atoms with van der Waals surface area (Å²) < 4.78 is 7.08. The zero-order chi connectivity index (χ0) is 31.4. The number of aryl methyl sites for hydroxylation is 3. The van der Waals surface area contributed by atoms with Gasteiger partial charge in [-0.05, 0) is 88.4 Å². The van der Waals surface area contributed by atoms with E-state index in [9.17, 15) is 10.0 Å². The van der Waals surface area contributed by atoms with E-state index in [0.29, 0.717) is 37.8 Å². The maximum atomic E-state index is 12.8. The summed E-state index contributed by atoms with van der Waals surface area (Å²) in [5.41, 5.74) is 4.07. The lowest BCUT2D eigenvalue weighted by atomic mass is 10.1. The Kier molecular flexibility index (Phi) is 11.3. The third kappa shape index (κ3) is 8.98. The van der Waals surface area contributed by atoms with Crippen LogP contribution in [-0.2, 0) is 17.6 Å². The van der Waals surface area contributed by atoms with Crippen LogP contribution in [0.15, 0.2) is 73.1 Å². The Labute approximate surface area is 265 Å². The number of pyridine rings is 2. The summed E-state index contributed by atoms with van der Waals surface area (Å²) in [6.45, 7) is 7.31. The van der Waals surface area contributed by atoms with Gasteiger partial charge in [-0.25, -0.2) is 4.98 Å². The molecule has 0 spiro atoms. The summed E-state index contributed by atoms with van der Waals surface area (Å²) in [5, 5.41) is 17.6. The molecule has 1 atom stereocenters. The normalized spacial score (nSPS) is 13.1. The monoisotopic (exact) mass is 610 g/mol. The van der Waals surface area contributed by atoms with Gasteiger partial charge in [0, 0.05) is 44.0 Å². The Balaban J connectivity index is 1.20. The first-order valence-electron chi connectivity index (χ1n) is 15.9. The van der Waals surface area contributed by atoms with Crippen molar-refractivity contribution in [2.24, 2.45) is 0 Å². The second-order valence-corrected chi connectivity index (χ2v) is 11.5. The van der Waals surface area contributed by atoms with Crippen molar-refractivity contribution in [3.8, 4) is 17.1 Å². The molecule has 3 aromatic heterocycles. The molecule has 0 saturated heterocycles. The average molecular weight is 611 g/mol. The zero-order valence-corrected chi connectivity index (χ0v) is 26.3. The van der Waals surface area contributed by atoms with Crippen molar-refractivity contribution in [1.82, 2.24) is 19.9 Å². The molecule has 0 unspecified atom stereocenters. The predicted octanol–water partition coefficient (Wildman–Crippen LogP) is 4.89. The fourth-order valence-corrected chi connectivity index (χ4v) is 5.57. The number of nitrogens with one attached hydrogen (secondary N) is 2. The quantitative estimate of drug-likeness (QED) is 0.0926. The van der Waals surface area contributed by atoms with E-state index in [1.54, 1.807) is 25.4 Å². The minimum atomic E-state index is -0.481. The van der Waals surface area contributed by atoms with Gasteiger partial charge in [0.15, 0.2) is 5.78 Å². The van der Waals surface area contributed by atoms with Crippen molar-refractivity contribution >= 4 is 17.4 Å². The van der Waals surface area contributed by atoms with Crippen LogP contribution in [0.1, 0.15) is 49.6 Å². The minimum absolute atomic E-state index is 0.00218. The topological polar surface area (TPSA) is 116 Å². The zero-order valence-electron chi connectivity index (χ0n) is 26.3. The number of hydrogen-bond acceptors (Lipinski definition) is 9. The van der Waals surface area contributed by atoms with Crippen LogP contribution in [0.5, 0.6) is 5.75 Å². The minimum Gasteiger partial charge on any atom is -0.490 e. The van der Waals surface area contributed by atoms with E-state index < -0.39 is 6.04 Å². The number of ketones is 1. The molecular formula is C35H44N7O3+. The first kappa shape index (κ1) is 31.8. The van der Waals surface area contributed by atoms with Gasteiger partial charge in [0.1, 0.15) is 30.4 Å². The van der Waals surface area contributed by atoms with Gasteiger partial charge < -0.3 is 15.3 Å². The van der Waals surface area contributed by atoms with E-state index in [0.717, 1.165) is 78.4 Å². The van der Waals surface area contributed by atoms with Crippen LogP contribution in [0.2, 0.25) is 0 Å². The number of nitrogens with zero attached hydrogens (tertiary/aromatic N) is 5. The molecule has 0 fully saturated rings. The highest BCUT2D eigenvalue weighted by molar-refractivity contribution is 5.83. The smallest absolute Gasteiger partial charge is 0.307 e. The third-order valence-corrected chi connectivity index (χ3v) is 8.17. The van der Waals surface area contributed by atoms with E-state index in [4.69, 9.17) is 9.72 Å². The number of aromatic nitrogens is 4.